The van der Waals surface area contributed by atoms with E-state index < -0.39 is 5.97 Å². The Labute approximate surface area is 186 Å². The van der Waals surface area contributed by atoms with Gasteiger partial charge in [-0.1, -0.05) is 53.7 Å². The Morgan fingerprint density at radius 2 is 1.88 bits per heavy atom. The number of fused-ring (bicyclic) bond motifs is 1. The SMILES string of the molecule is O=C(O)COc1cccc2c1CCC=C2CCO/N=C(/c1ccccc1)c1cccnc1. The highest BCUT2D eigenvalue weighted by molar-refractivity contribution is 6.12. The Bertz CT molecular complexity index is 1080. The fourth-order valence-electron chi connectivity index (χ4n) is 3.77. The summed E-state index contributed by atoms with van der Waals surface area (Å²) in [5.74, 6) is -0.347. The fourth-order valence-corrected chi connectivity index (χ4v) is 3.77. The summed E-state index contributed by atoms with van der Waals surface area (Å²) in [6, 6.07) is 19.5. The third-order valence-corrected chi connectivity index (χ3v) is 5.22. The first kappa shape index (κ1) is 21.3. The summed E-state index contributed by atoms with van der Waals surface area (Å²) in [6.45, 7) is 0.0754. The number of benzene rings is 2. The number of carboxylic acids is 1. The molecule has 0 atom stereocenters. The van der Waals surface area contributed by atoms with Crippen LogP contribution in [0.3, 0.4) is 0 Å². The number of aromatic nitrogens is 1. The molecule has 0 aliphatic heterocycles. The molecule has 1 aliphatic carbocycles. The summed E-state index contributed by atoms with van der Waals surface area (Å²) in [7, 11) is 0. The molecule has 0 bridgehead atoms. The molecule has 1 heterocycles. The lowest BCUT2D eigenvalue weighted by molar-refractivity contribution is -0.139. The van der Waals surface area contributed by atoms with Crippen molar-refractivity contribution in [3.05, 3.63) is 101 Å². The molecule has 0 amide bonds. The van der Waals surface area contributed by atoms with E-state index in [4.69, 9.17) is 14.7 Å². The Morgan fingerprint density at radius 1 is 1.03 bits per heavy atom. The number of ether oxygens (including phenoxy) is 1. The van der Waals surface area contributed by atoms with Crippen molar-refractivity contribution in [2.45, 2.75) is 19.3 Å². The van der Waals surface area contributed by atoms with Gasteiger partial charge >= 0.3 is 5.97 Å². The van der Waals surface area contributed by atoms with Gasteiger partial charge in [-0.3, -0.25) is 4.98 Å². The number of rotatable bonds is 9. The molecule has 32 heavy (non-hydrogen) atoms. The molecule has 0 unspecified atom stereocenters. The van der Waals surface area contributed by atoms with Crippen LogP contribution < -0.4 is 4.74 Å². The summed E-state index contributed by atoms with van der Waals surface area (Å²) >= 11 is 0. The summed E-state index contributed by atoms with van der Waals surface area (Å²) in [5.41, 5.74) is 5.88. The quantitative estimate of drug-likeness (QED) is 0.303. The zero-order valence-corrected chi connectivity index (χ0v) is 17.6. The van der Waals surface area contributed by atoms with Gasteiger partial charge in [0, 0.05) is 35.5 Å². The third kappa shape index (κ3) is 5.21. The molecule has 1 aliphatic rings. The highest BCUT2D eigenvalue weighted by atomic mass is 16.6. The van der Waals surface area contributed by atoms with Gasteiger partial charge in [0.05, 0.1) is 0 Å². The van der Waals surface area contributed by atoms with Crippen molar-refractivity contribution in [3.8, 4) is 5.75 Å². The van der Waals surface area contributed by atoms with E-state index in [2.05, 4.69) is 16.2 Å². The van der Waals surface area contributed by atoms with Crippen LogP contribution in [0.5, 0.6) is 5.75 Å². The lowest BCUT2D eigenvalue weighted by atomic mass is 9.89. The minimum absolute atomic E-state index is 0.343. The number of aliphatic carboxylic acids is 1. The van der Waals surface area contributed by atoms with Gasteiger partial charge in [-0.15, -0.1) is 0 Å². The van der Waals surface area contributed by atoms with Crippen LogP contribution >= 0.6 is 0 Å². The molecule has 3 aromatic rings. The second-order valence-electron chi connectivity index (χ2n) is 7.36. The highest BCUT2D eigenvalue weighted by Gasteiger charge is 2.17. The highest BCUT2D eigenvalue weighted by Crippen LogP contribution is 2.34. The number of carboxylic acid groups (broad SMARTS) is 1. The topological polar surface area (TPSA) is 81.0 Å². The van der Waals surface area contributed by atoms with Crippen molar-refractivity contribution < 1.29 is 19.5 Å². The maximum Gasteiger partial charge on any atom is 0.341 e. The number of allylic oxidation sites excluding steroid dienone is 1. The number of carbonyl (C=O) groups is 1. The average Bonchev–Trinajstić information content (AvgIpc) is 2.84. The van der Waals surface area contributed by atoms with Crippen molar-refractivity contribution in [2.75, 3.05) is 13.2 Å². The van der Waals surface area contributed by atoms with Gasteiger partial charge in [0.25, 0.3) is 0 Å². The molecule has 0 spiro atoms. The van der Waals surface area contributed by atoms with E-state index in [9.17, 15) is 4.79 Å². The number of hydrogen-bond donors (Lipinski definition) is 1. The lowest BCUT2D eigenvalue weighted by Crippen LogP contribution is -2.12. The van der Waals surface area contributed by atoms with E-state index in [0.29, 0.717) is 18.8 Å². The summed E-state index contributed by atoms with van der Waals surface area (Å²) in [4.78, 5) is 20.8. The molecule has 162 valence electrons. The number of nitrogens with zero attached hydrogens (tertiary/aromatic N) is 2. The maximum absolute atomic E-state index is 10.9. The van der Waals surface area contributed by atoms with Gasteiger partial charge in [-0.25, -0.2) is 4.79 Å². The number of hydrogen-bond acceptors (Lipinski definition) is 5. The predicted octanol–water partition coefficient (Wildman–Crippen LogP) is 4.73. The largest absolute Gasteiger partial charge is 0.482 e. The monoisotopic (exact) mass is 428 g/mol. The van der Waals surface area contributed by atoms with Gasteiger partial charge in [0.15, 0.2) is 6.61 Å². The molecular formula is C26H24N2O4. The second-order valence-corrected chi connectivity index (χ2v) is 7.36. The minimum atomic E-state index is -0.983. The zero-order chi connectivity index (χ0) is 22.2. The number of oxime groups is 1. The van der Waals surface area contributed by atoms with Crippen LogP contribution in [0.15, 0.2) is 84.3 Å². The van der Waals surface area contributed by atoms with Crippen LogP contribution in [0, 0.1) is 0 Å². The second kappa shape index (κ2) is 10.4. The summed E-state index contributed by atoms with van der Waals surface area (Å²) in [5, 5.41) is 13.3. The predicted molar refractivity (Wildman–Crippen MR) is 123 cm³/mol. The summed E-state index contributed by atoms with van der Waals surface area (Å²) in [6.07, 6.45) is 8.10. The van der Waals surface area contributed by atoms with Gasteiger partial charge in [-0.05, 0) is 42.2 Å². The molecule has 2 aromatic carbocycles. The zero-order valence-electron chi connectivity index (χ0n) is 17.6. The molecule has 4 rings (SSSR count). The van der Waals surface area contributed by atoms with Crippen LogP contribution in [0.2, 0.25) is 0 Å². The van der Waals surface area contributed by atoms with E-state index >= 15 is 0 Å². The molecule has 1 N–H and O–H groups in total. The van der Waals surface area contributed by atoms with E-state index in [1.54, 1.807) is 12.4 Å². The molecule has 0 saturated carbocycles. The first-order valence-electron chi connectivity index (χ1n) is 10.5. The van der Waals surface area contributed by atoms with E-state index in [1.807, 2.05) is 60.7 Å². The molecular weight excluding hydrogens is 404 g/mol. The molecule has 0 radical (unpaired) electrons. The standard InChI is InChI=1S/C26H24N2O4/c29-25(30)18-31-24-13-5-11-22-19(9-4-12-23(22)24)14-16-32-28-26(20-7-2-1-3-8-20)21-10-6-15-27-17-21/h1-3,5-11,13,15,17H,4,12,14,16,18H2,(H,29,30)/b28-26-. The normalized spacial score (nSPS) is 13.1. The molecule has 0 saturated heterocycles. The van der Waals surface area contributed by atoms with Crippen LogP contribution in [-0.2, 0) is 16.1 Å². The lowest BCUT2D eigenvalue weighted by Gasteiger charge is -2.20. The first-order chi connectivity index (χ1) is 15.7. The third-order valence-electron chi connectivity index (χ3n) is 5.22. The Hall–Kier alpha value is -3.93. The molecule has 1 aromatic heterocycles. The van der Waals surface area contributed by atoms with Crippen LogP contribution in [0.4, 0.5) is 0 Å². The van der Waals surface area contributed by atoms with Crippen LogP contribution in [-0.4, -0.2) is 35.0 Å². The van der Waals surface area contributed by atoms with Gasteiger partial charge in [-0.2, -0.15) is 0 Å². The Kier molecular flexibility index (Phi) is 6.92. The van der Waals surface area contributed by atoms with E-state index in [-0.39, 0.29) is 6.61 Å². The molecule has 6 heteroatoms. The van der Waals surface area contributed by atoms with Crippen molar-refractivity contribution in [1.82, 2.24) is 4.98 Å². The maximum atomic E-state index is 10.9. The Morgan fingerprint density at radius 3 is 2.66 bits per heavy atom. The number of pyridine rings is 1. The first-order valence-corrected chi connectivity index (χ1v) is 10.5. The van der Waals surface area contributed by atoms with Crippen molar-refractivity contribution >= 4 is 17.3 Å². The van der Waals surface area contributed by atoms with Gasteiger partial charge in [0.1, 0.15) is 18.1 Å². The van der Waals surface area contributed by atoms with Gasteiger partial charge < -0.3 is 14.7 Å². The van der Waals surface area contributed by atoms with Gasteiger partial charge in [0.2, 0.25) is 0 Å². The van der Waals surface area contributed by atoms with Crippen molar-refractivity contribution in [3.63, 3.8) is 0 Å². The van der Waals surface area contributed by atoms with E-state index in [0.717, 1.165) is 46.4 Å². The molecule has 6 nitrogen and oxygen atoms in total. The van der Waals surface area contributed by atoms with Crippen molar-refractivity contribution in [1.29, 1.82) is 0 Å². The Balaban J connectivity index is 1.46. The van der Waals surface area contributed by atoms with Crippen LogP contribution in [0.25, 0.3) is 5.57 Å². The van der Waals surface area contributed by atoms with Crippen molar-refractivity contribution in [2.24, 2.45) is 5.16 Å². The smallest absolute Gasteiger partial charge is 0.341 e. The minimum Gasteiger partial charge on any atom is -0.482 e. The molecule has 0 fully saturated rings. The van der Waals surface area contributed by atoms with E-state index in [1.165, 1.54) is 0 Å². The average molecular weight is 428 g/mol. The summed E-state index contributed by atoms with van der Waals surface area (Å²) < 4.78 is 5.48. The fraction of sp³-hybridized carbons (Fsp3) is 0.192. The van der Waals surface area contributed by atoms with Crippen LogP contribution in [0.1, 0.15) is 35.1 Å².